The van der Waals surface area contributed by atoms with Crippen LogP contribution in [0, 0.1) is 13.8 Å². The van der Waals surface area contributed by atoms with Gasteiger partial charge in [0.1, 0.15) is 0 Å². The zero-order chi connectivity index (χ0) is 13.8. The molecule has 19 heavy (non-hydrogen) atoms. The van der Waals surface area contributed by atoms with Gasteiger partial charge in [0.05, 0.1) is 10.7 Å². The Morgan fingerprint density at radius 1 is 1.37 bits per heavy atom. The van der Waals surface area contributed by atoms with E-state index in [1.165, 1.54) is 5.56 Å². The molecule has 0 saturated heterocycles. The number of hydrogen-bond acceptors (Lipinski definition) is 3. The Labute approximate surface area is 123 Å². The fourth-order valence-electron chi connectivity index (χ4n) is 2.15. The molecule has 2 rings (SSSR count). The quantitative estimate of drug-likeness (QED) is 0.889. The van der Waals surface area contributed by atoms with Crippen LogP contribution in [0.25, 0.3) is 0 Å². The third-order valence-corrected chi connectivity index (χ3v) is 4.36. The number of thiazole rings is 1. The molecule has 1 atom stereocenters. The molecule has 0 aliphatic rings. The first-order valence-corrected chi connectivity index (χ1v) is 7.76. The first-order chi connectivity index (χ1) is 9.10. The molecule has 1 unspecified atom stereocenters. The van der Waals surface area contributed by atoms with Crippen LogP contribution in [-0.2, 0) is 6.42 Å². The Balaban J connectivity index is 2.21. The van der Waals surface area contributed by atoms with E-state index in [0.29, 0.717) is 6.04 Å². The van der Waals surface area contributed by atoms with Gasteiger partial charge in [-0.3, -0.25) is 0 Å². The van der Waals surface area contributed by atoms with Crippen molar-refractivity contribution in [2.24, 2.45) is 0 Å². The van der Waals surface area contributed by atoms with E-state index in [0.717, 1.165) is 34.3 Å². The van der Waals surface area contributed by atoms with E-state index < -0.39 is 0 Å². The number of rotatable bonds is 5. The molecule has 2 nitrogen and oxygen atoms in total. The zero-order valence-electron chi connectivity index (χ0n) is 11.5. The molecule has 1 N–H and O–H groups in total. The predicted molar refractivity (Wildman–Crippen MR) is 83.2 cm³/mol. The maximum atomic E-state index is 6.09. The van der Waals surface area contributed by atoms with Crippen LogP contribution in [0.1, 0.15) is 34.8 Å². The maximum absolute atomic E-state index is 6.09. The summed E-state index contributed by atoms with van der Waals surface area (Å²) in [6, 6.07) is 6.53. The molecule has 2 aromatic rings. The van der Waals surface area contributed by atoms with E-state index in [1.807, 2.05) is 19.9 Å². The second kappa shape index (κ2) is 6.51. The lowest BCUT2D eigenvalue weighted by molar-refractivity contribution is 0.544. The average Bonchev–Trinajstić information content (AvgIpc) is 2.78. The van der Waals surface area contributed by atoms with E-state index in [9.17, 15) is 0 Å². The summed E-state index contributed by atoms with van der Waals surface area (Å²) < 4.78 is 0. The van der Waals surface area contributed by atoms with Gasteiger partial charge >= 0.3 is 0 Å². The molecule has 0 aliphatic carbocycles. The van der Waals surface area contributed by atoms with Gasteiger partial charge in [0, 0.05) is 22.9 Å². The lowest BCUT2D eigenvalue weighted by Gasteiger charge is -2.18. The van der Waals surface area contributed by atoms with Crippen LogP contribution in [0.4, 0.5) is 0 Å². The van der Waals surface area contributed by atoms with Gasteiger partial charge in [0.2, 0.25) is 0 Å². The largest absolute Gasteiger partial charge is 0.310 e. The van der Waals surface area contributed by atoms with Gasteiger partial charge < -0.3 is 5.32 Å². The molecule has 0 saturated carbocycles. The minimum absolute atomic E-state index is 0.294. The second-order valence-corrected chi connectivity index (χ2v) is 6.15. The van der Waals surface area contributed by atoms with Crippen molar-refractivity contribution in [1.82, 2.24) is 10.3 Å². The highest BCUT2D eigenvalue weighted by atomic mass is 35.5. The van der Waals surface area contributed by atoms with Crippen molar-refractivity contribution in [3.05, 3.63) is 50.4 Å². The molecule has 0 fully saturated rings. The minimum atomic E-state index is 0.294. The summed E-state index contributed by atoms with van der Waals surface area (Å²) in [5.41, 5.74) is 3.55. The van der Waals surface area contributed by atoms with Gasteiger partial charge in [-0.25, -0.2) is 4.98 Å². The number of aryl methyl sites for hydroxylation is 2. The standard InChI is InChI=1S/C15H19ClN2S/c1-4-17-15(8-13-9-19-11(3)18-13)12-5-6-14(16)10(2)7-12/h5-7,9,15,17H,4,8H2,1-3H3. The molecule has 0 aliphatic heterocycles. The summed E-state index contributed by atoms with van der Waals surface area (Å²) in [4.78, 5) is 4.55. The third-order valence-electron chi connectivity index (χ3n) is 3.11. The van der Waals surface area contributed by atoms with Gasteiger partial charge in [0.15, 0.2) is 0 Å². The number of nitrogens with one attached hydrogen (secondary N) is 1. The number of benzene rings is 1. The molecular formula is C15H19ClN2S. The molecule has 0 amide bonds. The molecule has 102 valence electrons. The highest BCUT2D eigenvalue weighted by Crippen LogP contribution is 2.24. The minimum Gasteiger partial charge on any atom is -0.310 e. The first kappa shape index (κ1) is 14.5. The lowest BCUT2D eigenvalue weighted by atomic mass is 10.0. The summed E-state index contributed by atoms with van der Waals surface area (Å²) >= 11 is 7.80. The van der Waals surface area contributed by atoms with Crippen LogP contribution >= 0.6 is 22.9 Å². The summed E-state index contributed by atoms with van der Waals surface area (Å²) in [5, 5.41) is 7.61. The average molecular weight is 295 g/mol. The second-order valence-electron chi connectivity index (χ2n) is 4.68. The van der Waals surface area contributed by atoms with Gasteiger partial charge in [-0.05, 0) is 37.6 Å². The number of nitrogens with zero attached hydrogens (tertiary/aromatic N) is 1. The van der Waals surface area contributed by atoms with Crippen molar-refractivity contribution in [1.29, 1.82) is 0 Å². The number of hydrogen-bond donors (Lipinski definition) is 1. The Hall–Kier alpha value is -0.900. The van der Waals surface area contributed by atoms with Gasteiger partial charge in [0.25, 0.3) is 0 Å². The number of likely N-dealkylation sites (N-methyl/N-ethyl adjacent to an activating group) is 1. The Bertz CT molecular complexity index is 551. The Morgan fingerprint density at radius 2 is 2.16 bits per heavy atom. The molecule has 0 spiro atoms. The van der Waals surface area contributed by atoms with Crippen molar-refractivity contribution >= 4 is 22.9 Å². The topological polar surface area (TPSA) is 24.9 Å². The normalized spacial score (nSPS) is 12.6. The fourth-order valence-corrected chi connectivity index (χ4v) is 2.89. The van der Waals surface area contributed by atoms with Crippen molar-refractivity contribution in [2.75, 3.05) is 6.54 Å². The monoisotopic (exact) mass is 294 g/mol. The summed E-state index contributed by atoms with van der Waals surface area (Å²) in [5.74, 6) is 0. The van der Waals surface area contributed by atoms with Crippen LogP contribution in [-0.4, -0.2) is 11.5 Å². The molecule has 1 aromatic heterocycles. The number of halogens is 1. The van der Waals surface area contributed by atoms with Crippen molar-refractivity contribution in [3.8, 4) is 0 Å². The van der Waals surface area contributed by atoms with E-state index >= 15 is 0 Å². The van der Waals surface area contributed by atoms with Gasteiger partial charge in [-0.15, -0.1) is 11.3 Å². The van der Waals surface area contributed by atoms with Gasteiger partial charge in [-0.1, -0.05) is 30.7 Å². The zero-order valence-corrected chi connectivity index (χ0v) is 13.1. The van der Waals surface area contributed by atoms with Gasteiger partial charge in [-0.2, -0.15) is 0 Å². The number of aromatic nitrogens is 1. The van der Waals surface area contributed by atoms with Crippen LogP contribution in [0.3, 0.4) is 0 Å². The summed E-state index contributed by atoms with van der Waals surface area (Å²) in [6.07, 6.45) is 0.916. The molecular weight excluding hydrogens is 276 g/mol. The smallest absolute Gasteiger partial charge is 0.0897 e. The van der Waals surface area contributed by atoms with E-state index in [1.54, 1.807) is 11.3 Å². The van der Waals surface area contributed by atoms with Crippen molar-refractivity contribution in [3.63, 3.8) is 0 Å². The molecule has 4 heteroatoms. The van der Waals surface area contributed by atoms with Crippen molar-refractivity contribution in [2.45, 2.75) is 33.2 Å². The first-order valence-electron chi connectivity index (χ1n) is 6.50. The highest BCUT2D eigenvalue weighted by molar-refractivity contribution is 7.09. The van der Waals surface area contributed by atoms with Crippen LogP contribution in [0.2, 0.25) is 5.02 Å². The Kier molecular flexibility index (Phi) is 4.97. The molecule has 0 radical (unpaired) electrons. The van der Waals surface area contributed by atoms with E-state index in [4.69, 9.17) is 11.6 Å². The SMILES string of the molecule is CCNC(Cc1csc(C)n1)c1ccc(Cl)c(C)c1. The summed E-state index contributed by atoms with van der Waals surface area (Å²) in [6.45, 7) is 7.15. The van der Waals surface area contributed by atoms with E-state index in [-0.39, 0.29) is 0 Å². The molecule has 0 bridgehead atoms. The van der Waals surface area contributed by atoms with Crippen LogP contribution < -0.4 is 5.32 Å². The predicted octanol–water partition coefficient (Wildman–Crippen LogP) is 4.31. The van der Waals surface area contributed by atoms with Crippen molar-refractivity contribution < 1.29 is 0 Å². The van der Waals surface area contributed by atoms with Crippen LogP contribution in [0.5, 0.6) is 0 Å². The highest BCUT2D eigenvalue weighted by Gasteiger charge is 2.13. The lowest BCUT2D eigenvalue weighted by Crippen LogP contribution is -2.23. The fraction of sp³-hybridized carbons (Fsp3) is 0.400. The maximum Gasteiger partial charge on any atom is 0.0897 e. The molecule has 1 aromatic carbocycles. The third kappa shape index (κ3) is 3.78. The Morgan fingerprint density at radius 3 is 2.74 bits per heavy atom. The molecule has 1 heterocycles. The summed E-state index contributed by atoms with van der Waals surface area (Å²) in [7, 11) is 0. The van der Waals surface area contributed by atoms with E-state index in [2.05, 4.69) is 34.7 Å². The van der Waals surface area contributed by atoms with Crippen LogP contribution in [0.15, 0.2) is 23.6 Å².